The zero-order valence-electron chi connectivity index (χ0n) is 29.1. The normalized spacial score (nSPS) is 22.9. The quantitative estimate of drug-likeness (QED) is 0.238. The molecule has 12 nitrogen and oxygen atoms in total. The Balaban J connectivity index is 0.839. The average Bonchev–Trinajstić information content (AvgIpc) is 3.91. The number of imide groups is 1. The third-order valence-electron chi connectivity index (χ3n) is 11.2. The molecule has 2 aliphatic carbocycles. The molecule has 4 aliphatic rings. The first kappa shape index (κ1) is 33.2. The van der Waals surface area contributed by atoms with E-state index in [-0.39, 0.29) is 40.9 Å². The lowest BCUT2D eigenvalue weighted by atomic mass is 9.85. The molecule has 2 saturated carbocycles. The lowest BCUT2D eigenvalue weighted by Gasteiger charge is -2.39. The van der Waals surface area contributed by atoms with E-state index in [1.807, 2.05) is 30.5 Å². The van der Waals surface area contributed by atoms with Crippen molar-refractivity contribution in [1.82, 2.24) is 24.6 Å². The van der Waals surface area contributed by atoms with Crippen LogP contribution in [0.1, 0.15) is 85.3 Å². The van der Waals surface area contributed by atoms with Crippen LogP contribution in [-0.2, 0) is 9.59 Å². The minimum atomic E-state index is -0.379. The van der Waals surface area contributed by atoms with E-state index in [0.29, 0.717) is 36.1 Å². The van der Waals surface area contributed by atoms with Crippen LogP contribution in [0.5, 0.6) is 5.75 Å². The van der Waals surface area contributed by atoms with Crippen LogP contribution < -0.4 is 25.8 Å². The van der Waals surface area contributed by atoms with Gasteiger partial charge in [0.05, 0.1) is 30.1 Å². The van der Waals surface area contributed by atoms with Crippen LogP contribution in [-0.4, -0.2) is 76.8 Å². The minimum absolute atomic E-state index is 0.183. The minimum Gasteiger partial charge on any atom is -0.496 e. The summed E-state index contributed by atoms with van der Waals surface area (Å²) >= 11 is 0. The molecule has 3 amide bonds. The van der Waals surface area contributed by atoms with Crippen LogP contribution in [0.15, 0.2) is 65.7 Å². The van der Waals surface area contributed by atoms with Gasteiger partial charge in [0.2, 0.25) is 11.8 Å². The number of hydrogen-bond acceptors (Lipinski definition) is 8. The molecule has 0 spiro atoms. The Hall–Kier alpha value is -4.97. The summed E-state index contributed by atoms with van der Waals surface area (Å²) in [4.78, 5) is 55.1. The number of aromatic nitrogens is 3. The lowest BCUT2D eigenvalue weighted by molar-refractivity contribution is -0.134. The molecule has 1 atom stereocenters. The summed E-state index contributed by atoms with van der Waals surface area (Å²) in [6, 6.07) is 15.9. The fraction of sp³-hybridized carbons (Fsp3) is 0.462. The largest absolute Gasteiger partial charge is 0.496 e. The molecule has 2 N–H and O–H groups in total. The predicted octanol–water partition coefficient (Wildman–Crippen LogP) is 4.87. The molecule has 8 rings (SSSR count). The summed E-state index contributed by atoms with van der Waals surface area (Å²) in [6.45, 7) is 5.11. The number of fused-ring (bicyclic) bond motifs is 1. The third kappa shape index (κ3) is 7.01. The number of nitrogens with zero attached hydrogens (tertiary/aromatic N) is 5. The molecule has 0 radical (unpaired) electrons. The lowest BCUT2D eigenvalue weighted by Crippen LogP contribution is -2.48. The number of carbonyl (C=O) groups is 3. The zero-order valence-corrected chi connectivity index (χ0v) is 29.1. The standard InChI is InChI=1S/C39H45N7O5/c1-51-35-22-34-27(21-32(35)38(49)40-33-3-2-16-45(39(33)50)29-12-13-29)24-46(42-34)30-8-4-25(5-9-30)23-43-17-19-44(20-18-43)28-10-6-26(7-11-28)31-14-15-36(47)41-37(31)48/h2-3,6-7,10-11,16,21-22,24-25,29-31H,4-5,8-9,12-15,17-20,23H2,1H3,(H,40,49)(H,41,47,48). The summed E-state index contributed by atoms with van der Waals surface area (Å²) < 4.78 is 9.36. The Kier molecular flexibility index (Phi) is 9.10. The number of pyridine rings is 1. The van der Waals surface area contributed by atoms with Crippen LogP contribution >= 0.6 is 0 Å². The molecule has 2 saturated heterocycles. The number of anilines is 2. The van der Waals surface area contributed by atoms with E-state index in [9.17, 15) is 19.2 Å². The summed E-state index contributed by atoms with van der Waals surface area (Å²) in [5.41, 5.74) is 3.39. The zero-order chi connectivity index (χ0) is 35.1. The molecule has 4 aromatic rings. The molecule has 12 heteroatoms. The molecular weight excluding hydrogens is 646 g/mol. The van der Waals surface area contributed by atoms with E-state index in [1.165, 1.54) is 5.69 Å². The topological polar surface area (TPSA) is 131 Å². The molecule has 4 heterocycles. The summed E-state index contributed by atoms with van der Waals surface area (Å²) in [5, 5.41) is 11.0. The third-order valence-corrected chi connectivity index (χ3v) is 11.2. The van der Waals surface area contributed by atoms with Crippen LogP contribution in [0, 0.1) is 5.92 Å². The van der Waals surface area contributed by atoms with Gasteiger partial charge in [-0.25, -0.2) is 0 Å². The molecule has 266 valence electrons. The van der Waals surface area contributed by atoms with Gasteiger partial charge in [0.25, 0.3) is 11.5 Å². The maximum Gasteiger partial charge on any atom is 0.274 e. The Morgan fingerprint density at radius 1 is 0.922 bits per heavy atom. The van der Waals surface area contributed by atoms with Crippen molar-refractivity contribution >= 4 is 40.0 Å². The number of benzene rings is 2. The second-order valence-corrected chi connectivity index (χ2v) is 14.6. The van der Waals surface area contributed by atoms with Crippen molar-refractivity contribution in [3.63, 3.8) is 0 Å². The Labute approximate surface area is 296 Å². The van der Waals surface area contributed by atoms with E-state index in [2.05, 4.69) is 37.2 Å². The first-order valence-electron chi connectivity index (χ1n) is 18.3. The monoisotopic (exact) mass is 691 g/mol. The molecule has 0 bridgehead atoms. The van der Waals surface area contributed by atoms with Gasteiger partial charge in [-0.15, -0.1) is 0 Å². The summed E-state index contributed by atoms with van der Waals surface area (Å²) in [7, 11) is 1.54. The second kappa shape index (κ2) is 14.0. The van der Waals surface area contributed by atoms with Gasteiger partial charge in [-0.2, -0.15) is 5.10 Å². The van der Waals surface area contributed by atoms with Crippen LogP contribution in [0.3, 0.4) is 0 Å². The number of amides is 3. The molecule has 1 unspecified atom stereocenters. The highest BCUT2D eigenvalue weighted by atomic mass is 16.5. The SMILES string of the molecule is COc1cc2nn(C3CCC(CN4CCN(c5ccc(C6CCC(=O)NC6=O)cc5)CC4)CC3)cc2cc1C(=O)Nc1cccn(C2CC2)c1=O. The van der Waals surface area contributed by atoms with Crippen molar-refractivity contribution in [2.45, 2.75) is 69.4 Å². The van der Waals surface area contributed by atoms with Crippen LogP contribution in [0.25, 0.3) is 10.9 Å². The average molecular weight is 692 g/mol. The number of nitrogens with one attached hydrogen (secondary N) is 2. The van der Waals surface area contributed by atoms with Crippen molar-refractivity contribution in [3.8, 4) is 5.75 Å². The van der Waals surface area contributed by atoms with Crippen molar-refractivity contribution in [2.24, 2.45) is 5.92 Å². The van der Waals surface area contributed by atoms with Crippen molar-refractivity contribution in [2.75, 3.05) is 50.1 Å². The van der Waals surface area contributed by atoms with Crippen molar-refractivity contribution in [3.05, 3.63) is 82.4 Å². The number of rotatable bonds is 9. The number of piperazine rings is 1. The fourth-order valence-electron chi connectivity index (χ4n) is 8.11. The molecule has 2 aromatic heterocycles. The van der Waals surface area contributed by atoms with Gasteiger partial charge in [0, 0.05) is 74.7 Å². The Morgan fingerprint density at radius 3 is 2.37 bits per heavy atom. The molecule has 4 fully saturated rings. The molecule has 2 aromatic carbocycles. The first-order chi connectivity index (χ1) is 24.8. The maximum absolute atomic E-state index is 13.4. The number of ether oxygens (including phenoxy) is 1. The highest BCUT2D eigenvalue weighted by molar-refractivity contribution is 6.08. The maximum atomic E-state index is 13.4. The number of carbonyl (C=O) groups excluding carboxylic acids is 3. The smallest absolute Gasteiger partial charge is 0.274 e. The van der Waals surface area contributed by atoms with Gasteiger partial charge < -0.3 is 19.5 Å². The highest BCUT2D eigenvalue weighted by Gasteiger charge is 2.30. The number of hydrogen-bond donors (Lipinski definition) is 2. The highest BCUT2D eigenvalue weighted by Crippen LogP contribution is 2.36. The molecular formula is C39H45N7O5. The molecule has 2 aliphatic heterocycles. The predicted molar refractivity (Wildman–Crippen MR) is 194 cm³/mol. The number of methoxy groups -OCH3 is 1. The van der Waals surface area contributed by atoms with Crippen LogP contribution in [0.4, 0.5) is 11.4 Å². The van der Waals surface area contributed by atoms with Gasteiger partial charge in [0.15, 0.2) is 0 Å². The van der Waals surface area contributed by atoms with E-state index >= 15 is 0 Å². The Bertz CT molecular complexity index is 2000. The van der Waals surface area contributed by atoms with E-state index in [1.54, 1.807) is 30.0 Å². The van der Waals surface area contributed by atoms with Gasteiger partial charge in [-0.05, 0) is 86.8 Å². The molecule has 51 heavy (non-hydrogen) atoms. The fourth-order valence-corrected chi connectivity index (χ4v) is 8.11. The number of piperidine rings is 1. The van der Waals surface area contributed by atoms with Crippen molar-refractivity contribution in [1.29, 1.82) is 0 Å². The second-order valence-electron chi connectivity index (χ2n) is 14.6. The first-order valence-corrected chi connectivity index (χ1v) is 18.3. The summed E-state index contributed by atoms with van der Waals surface area (Å²) in [6.07, 6.45) is 11.2. The van der Waals surface area contributed by atoms with E-state index < -0.39 is 0 Å². The van der Waals surface area contributed by atoms with Gasteiger partial charge in [0.1, 0.15) is 11.4 Å². The Morgan fingerprint density at radius 2 is 1.67 bits per heavy atom. The van der Waals surface area contributed by atoms with Gasteiger partial charge in [-0.1, -0.05) is 12.1 Å². The van der Waals surface area contributed by atoms with Gasteiger partial charge in [-0.3, -0.25) is 34.1 Å². The van der Waals surface area contributed by atoms with E-state index in [4.69, 9.17) is 9.84 Å². The van der Waals surface area contributed by atoms with Crippen LogP contribution in [0.2, 0.25) is 0 Å². The van der Waals surface area contributed by atoms with Gasteiger partial charge >= 0.3 is 0 Å². The van der Waals surface area contributed by atoms with E-state index in [0.717, 1.165) is 87.7 Å². The summed E-state index contributed by atoms with van der Waals surface area (Å²) in [5.74, 6) is 0.0793. The van der Waals surface area contributed by atoms with Crippen molar-refractivity contribution < 1.29 is 19.1 Å².